The van der Waals surface area contributed by atoms with E-state index in [1.165, 1.54) is 11.5 Å². The van der Waals surface area contributed by atoms with E-state index in [0.29, 0.717) is 6.42 Å². The number of carboxylic acids is 1. The van der Waals surface area contributed by atoms with Gasteiger partial charge in [-0.2, -0.15) is 4.37 Å². The highest BCUT2D eigenvalue weighted by Crippen LogP contribution is 2.27. The summed E-state index contributed by atoms with van der Waals surface area (Å²) in [5, 5.41) is 8.80. The van der Waals surface area contributed by atoms with Crippen LogP contribution in [0.15, 0.2) is 4.34 Å². The minimum absolute atomic E-state index is 0.0232. The van der Waals surface area contributed by atoms with E-state index in [1.54, 1.807) is 11.8 Å². The van der Waals surface area contributed by atoms with E-state index in [-0.39, 0.29) is 6.10 Å². The van der Waals surface area contributed by atoms with Crippen LogP contribution in [0.5, 0.6) is 0 Å². The highest BCUT2D eigenvalue weighted by Gasteiger charge is 2.30. The Morgan fingerprint density at radius 3 is 3.06 bits per heavy atom. The van der Waals surface area contributed by atoms with Crippen LogP contribution in [-0.2, 0) is 16.0 Å². The summed E-state index contributed by atoms with van der Waals surface area (Å²) >= 11 is 2.99. The Labute approximate surface area is 108 Å². The van der Waals surface area contributed by atoms with Gasteiger partial charge in [0.05, 0.1) is 6.10 Å². The van der Waals surface area contributed by atoms with Gasteiger partial charge in [0.1, 0.15) is 5.82 Å². The molecule has 0 aromatic carbocycles. The van der Waals surface area contributed by atoms with Gasteiger partial charge < -0.3 is 9.84 Å². The molecule has 0 aliphatic carbocycles. The van der Waals surface area contributed by atoms with Crippen LogP contribution in [0.1, 0.15) is 25.6 Å². The van der Waals surface area contributed by atoms with Crippen molar-refractivity contribution in [2.24, 2.45) is 0 Å². The first-order chi connectivity index (χ1) is 8.19. The van der Waals surface area contributed by atoms with Gasteiger partial charge in [0.15, 0.2) is 10.4 Å². The van der Waals surface area contributed by atoms with Crippen LogP contribution >= 0.6 is 23.3 Å². The second kappa shape index (κ2) is 5.79. The highest BCUT2D eigenvalue weighted by atomic mass is 32.2. The van der Waals surface area contributed by atoms with Crippen LogP contribution in [0.25, 0.3) is 0 Å². The van der Waals surface area contributed by atoms with Crippen molar-refractivity contribution >= 4 is 29.3 Å². The van der Waals surface area contributed by atoms with E-state index in [2.05, 4.69) is 9.36 Å². The van der Waals surface area contributed by atoms with E-state index < -0.39 is 12.1 Å². The molecular weight excluding hydrogens is 260 g/mol. The first-order valence-corrected chi connectivity index (χ1v) is 7.28. The van der Waals surface area contributed by atoms with Gasteiger partial charge in [0, 0.05) is 12.2 Å². The van der Waals surface area contributed by atoms with Gasteiger partial charge in [-0.3, -0.25) is 0 Å². The summed E-state index contributed by atoms with van der Waals surface area (Å²) in [7, 11) is 0. The maximum absolute atomic E-state index is 10.7. The van der Waals surface area contributed by atoms with Crippen molar-refractivity contribution in [1.82, 2.24) is 9.36 Å². The Bertz CT molecular complexity index is 397. The molecule has 2 unspecified atom stereocenters. The zero-order valence-corrected chi connectivity index (χ0v) is 11.1. The predicted octanol–water partition coefficient (Wildman–Crippen LogP) is 1.82. The number of carbonyl (C=O) groups is 1. The Kier molecular flexibility index (Phi) is 4.36. The summed E-state index contributed by atoms with van der Waals surface area (Å²) in [6, 6.07) is 0. The third-order valence-electron chi connectivity index (χ3n) is 2.54. The molecule has 1 aliphatic rings. The minimum atomic E-state index is -0.860. The Balaban J connectivity index is 1.77. The number of rotatable bonds is 5. The quantitative estimate of drug-likeness (QED) is 0.826. The topological polar surface area (TPSA) is 72.3 Å². The fourth-order valence-corrected chi connectivity index (χ4v) is 3.38. The summed E-state index contributed by atoms with van der Waals surface area (Å²) in [5.74, 6) is 0.761. The van der Waals surface area contributed by atoms with E-state index in [0.717, 1.165) is 28.8 Å². The maximum atomic E-state index is 10.7. The minimum Gasteiger partial charge on any atom is -0.479 e. The van der Waals surface area contributed by atoms with Crippen molar-refractivity contribution in [3.63, 3.8) is 0 Å². The molecule has 0 saturated carbocycles. The van der Waals surface area contributed by atoms with Gasteiger partial charge in [0.2, 0.25) is 0 Å². The lowest BCUT2D eigenvalue weighted by Crippen LogP contribution is -2.21. The van der Waals surface area contributed by atoms with Crippen molar-refractivity contribution < 1.29 is 14.6 Å². The molecule has 1 aromatic heterocycles. The average molecular weight is 274 g/mol. The normalized spacial score (nSPS) is 24.1. The maximum Gasteiger partial charge on any atom is 0.332 e. The van der Waals surface area contributed by atoms with Gasteiger partial charge in [-0.1, -0.05) is 18.7 Å². The summed E-state index contributed by atoms with van der Waals surface area (Å²) in [5.41, 5.74) is 0. The average Bonchev–Trinajstić information content (AvgIpc) is 2.95. The molecule has 1 saturated heterocycles. The summed E-state index contributed by atoms with van der Waals surface area (Å²) in [6.45, 7) is 2.02. The van der Waals surface area contributed by atoms with E-state index in [1.807, 2.05) is 6.92 Å². The second-order valence-electron chi connectivity index (χ2n) is 3.80. The smallest absolute Gasteiger partial charge is 0.332 e. The van der Waals surface area contributed by atoms with Gasteiger partial charge in [-0.25, -0.2) is 9.78 Å². The van der Waals surface area contributed by atoms with Crippen molar-refractivity contribution in [2.45, 2.75) is 42.7 Å². The first-order valence-electron chi connectivity index (χ1n) is 5.52. The summed E-state index contributed by atoms with van der Waals surface area (Å²) in [4.78, 5) is 15.1. The van der Waals surface area contributed by atoms with Crippen molar-refractivity contribution in [1.29, 1.82) is 0 Å². The van der Waals surface area contributed by atoms with Crippen molar-refractivity contribution in [3.05, 3.63) is 5.82 Å². The van der Waals surface area contributed by atoms with Crippen LogP contribution in [0.4, 0.5) is 0 Å². The number of aliphatic carboxylic acids is 1. The SMILES string of the molecule is CCc1nsc(SCC2CCC(C(=O)O)O2)n1. The molecule has 7 heteroatoms. The fourth-order valence-electron chi connectivity index (χ4n) is 1.61. The Morgan fingerprint density at radius 1 is 1.65 bits per heavy atom. The molecule has 2 heterocycles. The van der Waals surface area contributed by atoms with E-state index in [9.17, 15) is 4.79 Å². The largest absolute Gasteiger partial charge is 0.479 e. The standard InChI is InChI=1S/C10H14N2O3S2/c1-2-8-11-10(17-12-8)16-5-6-3-4-7(15-6)9(13)14/h6-7H,2-5H2,1H3,(H,13,14). The fraction of sp³-hybridized carbons (Fsp3) is 0.700. The molecule has 1 fully saturated rings. The molecule has 1 aliphatic heterocycles. The van der Waals surface area contributed by atoms with Gasteiger partial charge >= 0.3 is 5.97 Å². The highest BCUT2D eigenvalue weighted by molar-refractivity contribution is 8.00. The van der Waals surface area contributed by atoms with Crippen LogP contribution in [0, 0.1) is 0 Å². The molecule has 17 heavy (non-hydrogen) atoms. The monoisotopic (exact) mass is 274 g/mol. The van der Waals surface area contributed by atoms with Crippen LogP contribution in [-0.4, -0.2) is 38.4 Å². The third kappa shape index (κ3) is 3.40. The van der Waals surface area contributed by atoms with E-state index in [4.69, 9.17) is 9.84 Å². The molecule has 0 amide bonds. The van der Waals surface area contributed by atoms with Crippen LogP contribution < -0.4 is 0 Å². The number of nitrogens with zero attached hydrogens (tertiary/aromatic N) is 2. The van der Waals surface area contributed by atoms with Crippen molar-refractivity contribution in [2.75, 3.05) is 5.75 Å². The molecule has 0 bridgehead atoms. The molecule has 2 rings (SSSR count). The molecule has 1 N–H and O–H groups in total. The molecular formula is C10H14N2O3S2. The van der Waals surface area contributed by atoms with Gasteiger partial charge in [0.25, 0.3) is 0 Å². The second-order valence-corrected chi connectivity index (χ2v) is 5.82. The van der Waals surface area contributed by atoms with Crippen molar-refractivity contribution in [3.8, 4) is 0 Å². The molecule has 0 spiro atoms. The lowest BCUT2D eigenvalue weighted by atomic mass is 10.2. The van der Waals surface area contributed by atoms with Gasteiger partial charge in [-0.15, -0.1) is 0 Å². The first kappa shape index (κ1) is 12.8. The van der Waals surface area contributed by atoms with Crippen LogP contribution in [0.3, 0.4) is 0 Å². The summed E-state index contributed by atoms with van der Waals surface area (Å²) in [6.07, 6.45) is 1.66. The number of hydrogen-bond acceptors (Lipinski definition) is 6. The lowest BCUT2D eigenvalue weighted by Gasteiger charge is -2.08. The van der Waals surface area contributed by atoms with Gasteiger partial charge in [-0.05, 0) is 24.4 Å². The zero-order valence-electron chi connectivity index (χ0n) is 9.46. The molecule has 1 aromatic rings. The molecule has 0 radical (unpaired) electrons. The number of ether oxygens (including phenoxy) is 1. The predicted molar refractivity (Wildman–Crippen MR) is 65.5 cm³/mol. The number of thioether (sulfide) groups is 1. The molecule has 2 atom stereocenters. The molecule has 5 nitrogen and oxygen atoms in total. The Morgan fingerprint density at radius 2 is 2.47 bits per heavy atom. The van der Waals surface area contributed by atoms with E-state index >= 15 is 0 Å². The summed E-state index contributed by atoms with van der Waals surface area (Å²) < 4.78 is 10.5. The van der Waals surface area contributed by atoms with Crippen LogP contribution in [0.2, 0.25) is 0 Å². The number of aromatic nitrogens is 2. The number of carboxylic acid groups (broad SMARTS) is 1. The Hall–Kier alpha value is -0.660. The molecule has 94 valence electrons. The zero-order chi connectivity index (χ0) is 12.3. The number of hydrogen-bond donors (Lipinski definition) is 1. The number of aryl methyl sites for hydroxylation is 1. The third-order valence-corrected chi connectivity index (χ3v) is 4.54. The lowest BCUT2D eigenvalue weighted by molar-refractivity contribution is -0.148.